The summed E-state index contributed by atoms with van der Waals surface area (Å²) in [5.74, 6) is 2.69. The molecule has 1 N–H and O–H groups in total. The Hall–Kier alpha value is -0.0400. The SMILES string of the molecule is CCCC(O)CCC1CC(C)CC(C)C1. The Balaban J connectivity index is 2.20. The average Bonchev–Trinajstić information content (AvgIpc) is 2.14. The smallest absolute Gasteiger partial charge is 0.0540 e. The Labute approximate surface area is 95.3 Å². The van der Waals surface area contributed by atoms with Crippen molar-refractivity contribution in [2.75, 3.05) is 0 Å². The van der Waals surface area contributed by atoms with Crippen LogP contribution in [0.1, 0.15) is 65.7 Å². The molecule has 0 heterocycles. The fourth-order valence-electron chi connectivity index (χ4n) is 3.25. The minimum atomic E-state index is -0.0393. The van der Waals surface area contributed by atoms with Crippen LogP contribution < -0.4 is 0 Å². The monoisotopic (exact) mass is 212 g/mol. The molecule has 0 amide bonds. The summed E-state index contributed by atoms with van der Waals surface area (Å²) >= 11 is 0. The Bertz CT molecular complexity index is 157. The van der Waals surface area contributed by atoms with E-state index in [1.165, 1.54) is 25.7 Å². The number of rotatable bonds is 5. The highest BCUT2D eigenvalue weighted by atomic mass is 16.3. The minimum Gasteiger partial charge on any atom is -0.393 e. The van der Waals surface area contributed by atoms with Gasteiger partial charge in [0.15, 0.2) is 0 Å². The molecule has 3 atom stereocenters. The van der Waals surface area contributed by atoms with Crippen LogP contribution in [0.15, 0.2) is 0 Å². The van der Waals surface area contributed by atoms with Crippen molar-refractivity contribution in [1.29, 1.82) is 0 Å². The van der Waals surface area contributed by atoms with E-state index in [9.17, 15) is 5.11 Å². The Kier molecular flexibility index (Phi) is 5.66. The van der Waals surface area contributed by atoms with Gasteiger partial charge in [-0.2, -0.15) is 0 Å². The van der Waals surface area contributed by atoms with Crippen LogP contribution in [0.2, 0.25) is 0 Å². The van der Waals surface area contributed by atoms with E-state index < -0.39 is 0 Å². The maximum Gasteiger partial charge on any atom is 0.0540 e. The van der Waals surface area contributed by atoms with E-state index in [0.29, 0.717) is 0 Å². The van der Waals surface area contributed by atoms with Crippen molar-refractivity contribution in [1.82, 2.24) is 0 Å². The largest absolute Gasteiger partial charge is 0.393 e. The Morgan fingerprint density at radius 2 is 1.67 bits per heavy atom. The molecule has 1 aliphatic carbocycles. The zero-order chi connectivity index (χ0) is 11.3. The van der Waals surface area contributed by atoms with Gasteiger partial charge in [0.2, 0.25) is 0 Å². The molecule has 0 aromatic rings. The highest BCUT2D eigenvalue weighted by molar-refractivity contribution is 4.75. The summed E-state index contributed by atoms with van der Waals surface area (Å²) in [6.07, 6.45) is 8.52. The average molecular weight is 212 g/mol. The number of aliphatic hydroxyl groups is 1. The Morgan fingerprint density at radius 3 is 2.20 bits per heavy atom. The van der Waals surface area contributed by atoms with Crippen LogP contribution >= 0.6 is 0 Å². The summed E-state index contributed by atoms with van der Waals surface area (Å²) in [7, 11) is 0. The van der Waals surface area contributed by atoms with Crippen molar-refractivity contribution < 1.29 is 5.11 Å². The van der Waals surface area contributed by atoms with Gasteiger partial charge in [-0.05, 0) is 56.3 Å². The normalized spacial score (nSPS) is 34.0. The first-order valence-corrected chi connectivity index (χ1v) is 6.79. The molecule has 15 heavy (non-hydrogen) atoms. The summed E-state index contributed by atoms with van der Waals surface area (Å²) in [5.41, 5.74) is 0. The molecule has 1 fully saturated rings. The topological polar surface area (TPSA) is 20.2 Å². The predicted octanol–water partition coefficient (Wildman–Crippen LogP) is 4.00. The molecule has 0 aliphatic heterocycles. The molecule has 1 nitrogen and oxygen atoms in total. The van der Waals surface area contributed by atoms with Crippen molar-refractivity contribution in [3.05, 3.63) is 0 Å². The lowest BCUT2D eigenvalue weighted by Crippen LogP contribution is -2.20. The van der Waals surface area contributed by atoms with E-state index >= 15 is 0 Å². The van der Waals surface area contributed by atoms with Crippen molar-refractivity contribution in [2.24, 2.45) is 17.8 Å². The molecule has 1 saturated carbocycles. The first-order chi connectivity index (χ1) is 7.11. The van der Waals surface area contributed by atoms with E-state index in [0.717, 1.165) is 37.0 Å². The van der Waals surface area contributed by atoms with Gasteiger partial charge in [-0.1, -0.05) is 27.2 Å². The molecule has 3 unspecified atom stereocenters. The number of hydrogen-bond acceptors (Lipinski definition) is 1. The number of aliphatic hydroxyl groups excluding tert-OH is 1. The highest BCUT2D eigenvalue weighted by Gasteiger charge is 2.23. The second-order valence-electron chi connectivity index (χ2n) is 5.80. The molecule has 0 radical (unpaired) electrons. The van der Waals surface area contributed by atoms with Gasteiger partial charge in [-0.15, -0.1) is 0 Å². The highest BCUT2D eigenvalue weighted by Crippen LogP contribution is 2.35. The van der Waals surface area contributed by atoms with Gasteiger partial charge in [0.25, 0.3) is 0 Å². The molecule has 1 heteroatoms. The molecule has 0 saturated heterocycles. The van der Waals surface area contributed by atoms with E-state index in [1.807, 2.05) is 0 Å². The molecule has 1 rings (SSSR count). The maximum atomic E-state index is 9.71. The predicted molar refractivity (Wildman–Crippen MR) is 65.8 cm³/mol. The van der Waals surface area contributed by atoms with Crippen molar-refractivity contribution in [3.63, 3.8) is 0 Å². The van der Waals surface area contributed by atoms with Gasteiger partial charge >= 0.3 is 0 Å². The van der Waals surface area contributed by atoms with Crippen LogP contribution in [0, 0.1) is 17.8 Å². The molecule has 0 aromatic heterocycles. The van der Waals surface area contributed by atoms with Gasteiger partial charge < -0.3 is 5.11 Å². The quantitative estimate of drug-likeness (QED) is 0.730. The van der Waals surface area contributed by atoms with Crippen LogP contribution in [-0.2, 0) is 0 Å². The molecule has 0 spiro atoms. The third-order valence-electron chi connectivity index (χ3n) is 3.81. The van der Waals surface area contributed by atoms with Gasteiger partial charge in [-0.25, -0.2) is 0 Å². The lowest BCUT2D eigenvalue weighted by Gasteiger charge is -2.31. The fraction of sp³-hybridized carbons (Fsp3) is 1.00. The number of hydrogen-bond donors (Lipinski definition) is 1. The summed E-state index contributed by atoms with van der Waals surface area (Å²) in [6.45, 7) is 6.91. The second kappa shape index (κ2) is 6.52. The van der Waals surface area contributed by atoms with Crippen LogP contribution in [-0.4, -0.2) is 11.2 Å². The standard InChI is InChI=1S/C14H28O/c1-4-5-14(15)7-6-13-9-11(2)8-12(3)10-13/h11-15H,4-10H2,1-3H3. The lowest BCUT2D eigenvalue weighted by atomic mass is 9.75. The molecular formula is C14H28O. The first kappa shape index (κ1) is 13.0. The summed E-state index contributed by atoms with van der Waals surface area (Å²) in [5, 5.41) is 9.71. The van der Waals surface area contributed by atoms with E-state index in [1.54, 1.807) is 0 Å². The van der Waals surface area contributed by atoms with Crippen LogP contribution in [0.3, 0.4) is 0 Å². The van der Waals surface area contributed by atoms with Gasteiger partial charge in [0, 0.05) is 0 Å². The molecular weight excluding hydrogens is 184 g/mol. The van der Waals surface area contributed by atoms with Crippen LogP contribution in [0.4, 0.5) is 0 Å². The van der Waals surface area contributed by atoms with E-state index in [-0.39, 0.29) is 6.10 Å². The van der Waals surface area contributed by atoms with E-state index in [2.05, 4.69) is 20.8 Å². The zero-order valence-electron chi connectivity index (χ0n) is 10.7. The third kappa shape index (κ3) is 5.01. The van der Waals surface area contributed by atoms with Crippen molar-refractivity contribution in [3.8, 4) is 0 Å². The van der Waals surface area contributed by atoms with Gasteiger partial charge in [-0.3, -0.25) is 0 Å². The van der Waals surface area contributed by atoms with Crippen LogP contribution in [0.25, 0.3) is 0 Å². The molecule has 90 valence electrons. The van der Waals surface area contributed by atoms with Crippen molar-refractivity contribution >= 4 is 0 Å². The van der Waals surface area contributed by atoms with Gasteiger partial charge in [0.05, 0.1) is 6.10 Å². The second-order valence-corrected chi connectivity index (χ2v) is 5.80. The minimum absolute atomic E-state index is 0.0393. The Morgan fingerprint density at radius 1 is 1.07 bits per heavy atom. The van der Waals surface area contributed by atoms with E-state index in [4.69, 9.17) is 0 Å². The molecule has 0 aromatic carbocycles. The van der Waals surface area contributed by atoms with Gasteiger partial charge in [0.1, 0.15) is 0 Å². The zero-order valence-corrected chi connectivity index (χ0v) is 10.7. The third-order valence-corrected chi connectivity index (χ3v) is 3.81. The first-order valence-electron chi connectivity index (χ1n) is 6.79. The van der Waals surface area contributed by atoms with Crippen molar-refractivity contribution in [2.45, 2.75) is 71.8 Å². The molecule has 1 aliphatic rings. The summed E-state index contributed by atoms with van der Waals surface area (Å²) in [6, 6.07) is 0. The lowest BCUT2D eigenvalue weighted by molar-refractivity contribution is 0.128. The fourth-order valence-corrected chi connectivity index (χ4v) is 3.25. The summed E-state index contributed by atoms with van der Waals surface area (Å²) in [4.78, 5) is 0. The van der Waals surface area contributed by atoms with Crippen LogP contribution in [0.5, 0.6) is 0 Å². The summed E-state index contributed by atoms with van der Waals surface area (Å²) < 4.78 is 0. The maximum absolute atomic E-state index is 9.71. The molecule has 0 bridgehead atoms.